The van der Waals surface area contributed by atoms with Crippen LogP contribution < -0.4 is 15.4 Å². The number of anilines is 3. The maximum absolute atomic E-state index is 5.98. The minimum absolute atomic E-state index is 0.552. The second-order valence-corrected chi connectivity index (χ2v) is 6.17. The lowest BCUT2D eigenvalue weighted by atomic mass is 10.3. The predicted molar refractivity (Wildman–Crippen MR) is 99.7 cm³/mol. The predicted octanol–water partition coefficient (Wildman–Crippen LogP) is 4.90. The molecule has 0 bridgehead atoms. The second-order valence-electron chi connectivity index (χ2n) is 6.17. The fourth-order valence-corrected chi connectivity index (χ4v) is 2.53. The Morgan fingerprint density at radius 2 is 1.72 bits per heavy atom. The zero-order chi connectivity index (χ0) is 17.1. The normalized spacial score (nSPS) is 13.3. The van der Waals surface area contributed by atoms with Crippen LogP contribution in [-0.4, -0.2) is 16.0 Å². The average molecular weight is 332 g/mol. The summed E-state index contributed by atoms with van der Waals surface area (Å²) in [6.45, 7) is 1.97. The minimum Gasteiger partial charge on any atom is -0.455 e. The molecule has 3 aromatic rings. The Hall–Kier alpha value is -3.08. The van der Waals surface area contributed by atoms with Crippen molar-refractivity contribution in [3.63, 3.8) is 0 Å². The molecule has 1 saturated carbocycles. The molecule has 1 fully saturated rings. The Bertz CT molecular complexity index is 863. The molecular weight excluding hydrogens is 312 g/mol. The maximum Gasteiger partial charge on any atom is 0.229 e. The van der Waals surface area contributed by atoms with Crippen molar-refractivity contribution in [3.05, 3.63) is 66.4 Å². The van der Waals surface area contributed by atoms with Gasteiger partial charge in [-0.1, -0.05) is 30.3 Å². The van der Waals surface area contributed by atoms with Crippen LogP contribution in [0, 0.1) is 6.92 Å². The number of nitrogens with one attached hydrogen (secondary N) is 2. The highest BCUT2D eigenvalue weighted by Crippen LogP contribution is 2.31. The molecule has 5 nitrogen and oxygen atoms in total. The minimum atomic E-state index is 0.552. The van der Waals surface area contributed by atoms with Crippen molar-refractivity contribution >= 4 is 17.5 Å². The molecule has 4 rings (SSSR count). The van der Waals surface area contributed by atoms with Gasteiger partial charge in [-0.05, 0) is 44.0 Å². The molecule has 25 heavy (non-hydrogen) atoms. The van der Waals surface area contributed by atoms with Crippen LogP contribution in [-0.2, 0) is 0 Å². The number of para-hydroxylation sites is 3. The third-order valence-electron chi connectivity index (χ3n) is 3.89. The molecule has 1 aliphatic carbocycles. The van der Waals surface area contributed by atoms with Crippen molar-refractivity contribution < 1.29 is 4.74 Å². The first-order valence-corrected chi connectivity index (χ1v) is 8.47. The number of nitrogens with zero attached hydrogens (tertiary/aromatic N) is 2. The van der Waals surface area contributed by atoms with E-state index < -0.39 is 0 Å². The van der Waals surface area contributed by atoms with Gasteiger partial charge in [-0.15, -0.1) is 0 Å². The van der Waals surface area contributed by atoms with E-state index in [4.69, 9.17) is 4.74 Å². The summed E-state index contributed by atoms with van der Waals surface area (Å²) in [4.78, 5) is 9.06. The number of hydrogen-bond donors (Lipinski definition) is 2. The van der Waals surface area contributed by atoms with Crippen LogP contribution in [0.15, 0.2) is 60.7 Å². The fourth-order valence-electron chi connectivity index (χ4n) is 2.53. The standard InChI is InChI=1S/C20H20N4O/c1-14-13-19(22-15-11-12-15)24-20(21-14)23-17-9-5-6-10-18(17)25-16-7-3-2-4-8-16/h2-10,13,15H,11-12H2,1H3,(H2,21,22,23,24). The Morgan fingerprint density at radius 3 is 2.52 bits per heavy atom. The number of ether oxygens (including phenoxy) is 1. The number of hydrogen-bond acceptors (Lipinski definition) is 5. The van der Waals surface area contributed by atoms with Crippen LogP contribution >= 0.6 is 0 Å². The summed E-state index contributed by atoms with van der Waals surface area (Å²) < 4.78 is 5.98. The van der Waals surface area contributed by atoms with E-state index in [1.807, 2.05) is 67.6 Å². The van der Waals surface area contributed by atoms with E-state index in [0.717, 1.165) is 28.7 Å². The topological polar surface area (TPSA) is 59.1 Å². The molecule has 1 aromatic heterocycles. The SMILES string of the molecule is Cc1cc(NC2CC2)nc(Nc2ccccc2Oc2ccccc2)n1. The van der Waals surface area contributed by atoms with Gasteiger partial charge in [0.15, 0.2) is 5.75 Å². The van der Waals surface area contributed by atoms with Gasteiger partial charge in [0.1, 0.15) is 11.6 Å². The van der Waals surface area contributed by atoms with Gasteiger partial charge in [0.2, 0.25) is 5.95 Å². The lowest BCUT2D eigenvalue weighted by molar-refractivity contribution is 0.485. The van der Waals surface area contributed by atoms with E-state index in [1.165, 1.54) is 12.8 Å². The van der Waals surface area contributed by atoms with Crippen LogP contribution in [0.2, 0.25) is 0 Å². The van der Waals surface area contributed by atoms with Crippen molar-refractivity contribution in [1.82, 2.24) is 9.97 Å². The van der Waals surface area contributed by atoms with Crippen LogP contribution in [0.25, 0.3) is 0 Å². The van der Waals surface area contributed by atoms with Crippen LogP contribution in [0.4, 0.5) is 17.5 Å². The molecule has 0 atom stereocenters. The van der Waals surface area contributed by atoms with E-state index in [-0.39, 0.29) is 0 Å². The Kier molecular flexibility index (Phi) is 4.21. The largest absolute Gasteiger partial charge is 0.455 e. The molecule has 0 saturated heterocycles. The highest BCUT2D eigenvalue weighted by molar-refractivity contribution is 5.64. The van der Waals surface area contributed by atoms with Gasteiger partial charge in [0.05, 0.1) is 5.69 Å². The van der Waals surface area contributed by atoms with E-state index in [9.17, 15) is 0 Å². The third kappa shape index (κ3) is 4.07. The van der Waals surface area contributed by atoms with Gasteiger partial charge < -0.3 is 15.4 Å². The number of aryl methyl sites for hydroxylation is 1. The highest BCUT2D eigenvalue weighted by Gasteiger charge is 2.21. The number of aromatic nitrogens is 2. The summed E-state index contributed by atoms with van der Waals surface area (Å²) in [6.07, 6.45) is 2.42. The molecule has 2 N–H and O–H groups in total. The summed E-state index contributed by atoms with van der Waals surface area (Å²) >= 11 is 0. The lowest BCUT2D eigenvalue weighted by Gasteiger charge is -2.13. The van der Waals surface area contributed by atoms with E-state index in [0.29, 0.717) is 12.0 Å². The quantitative estimate of drug-likeness (QED) is 0.672. The fraction of sp³-hybridized carbons (Fsp3) is 0.200. The smallest absolute Gasteiger partial charge is 0.229 e. The molecule has 0 amide bonds. The first kappa shape index (κ1) is 15.4. The number of rotatable bonds is 6. The third-order valence-corrected chi connectivity index (χ3v) is 3.89. The Morgan fingerprint density at radius 1 is 0.960 bits per heavy atom. The van der Waals surface area contributed by atoms with Gasteiger partial charge in [-0.25, -0.2) is 4.98 Å². The summed E-state index contributed by atoms with van der Waals surface area (Å²) in [5, 5.41) is 6.70. The van der Waals surface area contributed by atoms with E-state index in [1.54, 1.807) is 0 Å². The van der Waals surface area contributed by atoms with Gasteiger partial charge in [-0.2, -0.15) is 4.98 Å². The number of benzene rings is 2. The van der Waals surface area contributed by atoms with Gasteiger partial charge in [0.25, 0.3) is 0 Å². The Balaban J connectivity index is 1.57. The summed E-state index contributed by atoms with van der Waals surface area (Å²) in [5.74, 6) is 2.94. The highest BCUT2D eigenvalue weighted by atomic mass is 16.5. The first-order chi connectivity index (χ1) is 12.3. The van der Waals surface area contributed by atoms with Crippen molar-refractivity contribution in [1.29, 1.82) is 0 Å². The molecular formula is C20H20N4O. The lowest BCUT2D eigenvalue weighted by Crippen LogP contribution is -2.07. The van der Waals surface area contributed by atoms with Crippen molar-refractivity contribution in [3.8, 4) is 11.5 Å². The van der Waals surface area contributed by atoms with E-state index in [2.05, 4.69) is 20.6 Å². The Labute approximate surface area is 147 Å². The molecule has 0 unspecified atom stereocenters. The summed E-state index contributed by atoms with van der Waals surface area (Å²) in [7, 11) is 0. The van der Waals surface area contributed by atoms with Crippen LogP contribution in [0.5, 0.6) is 11.5 Å². The molecule has 0 radical (unpaired) electrons. The summed E-state index contributed by atoms with van der Waals surface area (Å²) in [6, 6.07) is 20.0. The first-order valence-electron chi connectivity index (χ1n) is 8.47. The van der Waals surface area contributed by atoms with Crippen LogP contribution in [0.3, 0.4) is 0 Å². The zero-order valence-corrected chi connectivity index (χ0v) is 14.1. The second kappa shape index (κ2) is 6.81. The van der Waals surface area contributed by atoms with Gasteiger partial charge >= 0.3 is 0 Å². The van der Waals surface area contributed by atoms with Crippen molar-refractivity contribution in [2.75, 3.05) is 10.6 Å². The molecule has 1 heterocycles. The van der Waals surface area contributed by atoms with Crippen molar-refractivity contribution in [2.24, 2.45) is 0 Å². The molecule has 126 valence electrons. The summed E-state index contributed by atoms with van der Waals surface area (Å²) in [5.41, 5.74) is 1.75. The maximum atomic E-state index is 5.98. The van der Waals surface area contributed by atoms with Gasteiger partial charge in [-0.3, -0.25) is 0 Å². The monoisotopic (exact) mass is 332 g/mol. The van der Waals surface area contributed by atoms with E-state index >= 15 is 0 Å². The molecule has 5 heteroatoms. The van der Waals surface area contributed by atoms with Gasteiger partial charge in [0, 0.05) is 17.8 Å². The average Bonchev–Trinajstić information content (AvgIpc) is 3.41. The molecule has 2 aromatic carbocycles. The van der Waals surface area contributed by atoms with Crippen LogP contribution in [0.1, 0.15) is 18.5 Å². The molecule has 1 aliphatic rings. The molecule has 0 spiro atoms. The van der Waals surface area contributed by atoms with Crippen molar-refractivity contribution in [2.45, 2.75) is 25.8 Å². The zero-order valence-electron chi connectivity index (χ0n) is 14.1. The molecule has 0 aliphatic heterocycles.